The molecule has 1 heterocycles. The van der Waals surface area contributed by atoms with E-state index < -0.39 is 0 Å². The van der Waals surface area contributed by atoms with Gasteiger partial charge < -0.3 is 19.8 Å². The van der Waals surface area contributed by atoms with Gasteiger partial charge in [0.15, 0.2) is 16.3 Å². The van der Waals surface area contributed by atoms with Gasteiger partial charge in [-0.2, -0.15) is 0 Å². The number of benzene rings is 1. The Balaban J connectivity index is 1.71. The zero-order valence-electron chi connectivity index (χ0n) is 19.5. The molecule has 176 valence electrons. The van der Waals surface area contributed by atoms with Gasteiger partial charge in [-0.05, 0) is 56.8 Å². The van der Waals surface area contributed by atoms with Gasteiger partial charge in [0.05, 0.1) is 24.1 Å². The average Bonchev–Trinajstić information content (AvgIpc) is 2.75. The van der Waals surface area contributed by atoms with Crippen LogP contribution in [0.25, 0.3) is 10.9 Å². The number of nitrogens with one attached hydrogen (secondary N) is 2. The van der Waals surface area contributed by atoms with Gasteiger partial charge in [0.1, 0.15) is 0 Å². The predicted molar refractivity (Wildman–Crippen MR) is 129 cm³/mol. The fourth-order valence-corrected chi connectivity index (χ4v) is 4.75. The van der Waals surface area contributed by atoms with Crippen LogP contribution in [0.2, 0.25) is 0 Å². The van der Waals surface area contributed by atoms with E-state index in [-0.39, 0.29) is 17.5 Å². The van der Waals surface area contributed by atoms with Crippen molar-refractivity contribution >= 4 is 29.0 Å². The number of hydrogen-bond acceptors (Lipinski definition) is 5. The van der Waals surface area contributed by atoms with E-state index in [2.05, 4.69) is 24.1 Å². The fraction of sp³-hybridized carbons (Fsp3) is 0.625. The number of carbonyl (C=O) groups excluding carboxylic acids is 1. The first kappa shape index (κ1) is 24.3. The zero-order valence-corrected chi connectivity index (χ0v) is 20.3. The van der Waals surface area contributed by atoms with Crippen molar-refractivity contribution in [2.75, 3.05) is 13.2 Å². The maximum atomic E-state index is 13.1. The van der Waals surface area contributed by atoms with Crippen LogP contribution in [0.3, 0.4) is 0 Å². The first-order chi connectivity index (χ1) is 15.3. The molecule has 3 atom stereocenters. The van der Waals surface area contributed by atoms with Gasteiger partial charge in [0.25, 0.3) is 5.56 Å². The highest BCUT2D eigenvalue weighted by molar-refractivity contribution is 7.71. The summed E-state index contributed by atoms with van der Waals surface area (Å²) in [5.41, 5.74) is 0.421. The van der Waals surface area contributed by atoms with Crippen molar-refractivity contribution in [3.8, 4) is 11.5 Å². The standard InChI is InChI=1S/C24H35N3O4S/c1-5-30-20-13-17-19(14-21(20)31-6-2)26-24(32)27(23(17)29)12-8-11-22(28)25-18-10-7-9-15(3)16(18)4/h13-16,18H,5-12H2,1-4H3,(H,25,28)(H,26,32)/t15-,16+,18-/m1/s1. The molecule has 0 bridgehead atoms. The molecule has 7 nitrogen and oxygen atoms in total. The van der Waals surface area contributed by atoms with Crippen molar-refractivity contribution in [1.29, 1.82) is 0 Å². The van der Waals surface area contributed by atoms with Gasteiger partial charge in [-0.3, -0.25) is 14.2 Å². The molecule has 1 aliphatic rings. The highest BCUT2D eigenvalue weighted by Gasteiger charge is 2.27. The molecule has 0 spiro atoms. The number of nitrogens with zero attached hydrogens (tertiary/aromatic N) is 1. The Bertz CT molecular complexity index is 1060. The number of H-pyrrole nitrogens is 1. The lowest BCUT2D eigenvalue weighted by Gasteiger charge is -2.34. The van der Waals surface area contributed by atoms with Crippen molar-refractivity contribution in [3.05, 3.63) is 27.3 Å². The van der Waals surface area contributed by atoms with Gasteiger partial charge in [-0.1, -0.05) is 26.7 Å². The molecule has 1 aliphatic carbocycles. The summed E-state index contributed by atoms with van der Waals surface area (Å²) < 4.78 is 13.2. The third-order valence-electron chi connectivity index (χ3n) is 6.48. The molecule has 3 rings (SSSR count). The Morgan fingerprint density at radius 2 is 1.88 bits per heavy atom. The predicted octanol–water partition coefficient (Wildman–Crippen LogP) is 4.58. The topological polar surface area (TPSA) is 85.4 Å². The molecule has 1 aromatic heterocycles. The second-order valence-corrected chi connectivity index (χ2v) is 9.03. The molecule has 0 radical (unpaired) electrons. The minimum atomic E-state index is -0.192. The highest BCUT2D eigenvalue weighted by atomic mass is 32.1. The zero-order chi connectivity index (χ0) is 23.3. The van der Waals surface area contributed by atoms with E-state index in [4.69, 9.17) is 21.7 Å². The number of carbonyl (C=O) groups is 1. The maximum absolute atomic E-state index is 13.1. The lowest BCUT2D eigenvalue weighted by Crippen LogP contribution is -2.43. The molecule has 1 fully saturated rings. The summed E-state index contributed by atoms with van der Waals surface area (Å²) in [6.45, 7) is 9.59. The van der Waals surface area contributed by atoms with Gasteiger partial charge >= 0.3 is 0 Å². The molecular formula is C24H35N3O4S. The van der Waals surface area contributed by atoms with Gasteiger partial charge in [-0.15, -0.1) is 0 Å². The summed E-state index contributed by atoms with van der Waals surface area (Å²) in [7, 11) is 0. The van der Waals surface area contributed by atoms with Crippen molar-refractivity contribution < 1.29 is 14.3 Å². The second kappa shape index (κ2) is 11.0. The summed E-state index contributed by atoms with van der Waals surface area (Å²) in [6, 6.07) is 3.70. The summed E-state index contributed by atoms with van der Waals surface area (Å²) in [4.78, 5) is 28.7. The monoisotopic (exact) mass is 461 g/mol. The van der Waals surface area contributed by atoms with E-state index in [0.29, 0.717) is 71.6 Å². The van der Waals surface area contributed by atoms with Crippen LogP contribution in [0, 0.1) is 16.6 Å². The molecule has 2 aromatic rings. The normalized spacial score (nSPS) is 20.8. The van der Waals surface area contributed by atoms with Crippen LogP contribution in [0.5, 0.6) is 11.5 Å². The Hall–Kier alpha value is -2.35. The lowest BCUT2D eigenvalue weighted by atomic mass is 9.78. The van der Waals surface area contributed by atoms with Crippen LogP contribution >= 0.6 is 12.2 Å². The highest BCUT2D eigenvalue weighted by Crippen LogP contribution is 2.31. The van der Waals surface area contributed by atoms with Crippen LogP contribution in [0.1, 0.15) is 59.8 Å². The number of aromatic nitrogens is 2. The quantitative estimate of drug-likeness (QED) is 0.534. The van der Waals surface area contributed by atoms with Crippen LogP contribution in [0.15, 0.2) is 16.9 Å². The van der Waals surface area contributed by atoms with E-state index in [1.807, 2.05) is 13.8 Å². The van der Waals surface area contributed by atoms with Gasteiger partial charge in [0.2, 0.25) is 5.91 Å². The molecule has 2 N–H and O–H groups in total. The van der Waals surface area contributed by atoms with Crippen LogP contribution in [-0.2, 0) is 11.3 Å². The number of hydrogen-bond donors (Lipinski definition) is 2. The molecule has 0 saturated heterocycles. The average molecular weight is 462 g/mol. The summed E-state index contributed by atoms with van der Waals surface area (Å²) >= 11 is 5.43. The summed E-state index contributed by atoms with van der Waals surface area (Å²) in [5.74, 6) is 2.28. The van der Waals surface area contributed by atoms with Crippen molar-refractivity contribution in [2.24, 2.45) is 11.8 Å². The third kappa shape index (κ3) is 5.52. The third-order valence-corrected chi connectivity index (χ3v) is 6.81. The first-order valence-electron chi connectivity index (χ1n) is 11.7. The van der Waals surface area contributed by atoms with E-state index in [1.165, 1.54) is 11.0 Å². The SMILES string of the molecule is CCOc1cc2[nH]c(=S)n(CCCC(=O)N[C@@H]3CCC[C@@H](C)[C@@H]3C)c(=O)c2cc1OCC. The Labute approximate surface area is 194 Å². The Morgan fingerprint density at radius 1 is 1.19 bits per heavy atom. The minimum Gasteiger partial charge on any atom is -0.490 e. The second-order valence-electron chi connectivity index (χ2n) is 8.64. The molecular weight excluding hydrogens is 426 g/mol. The molecule has 0 aliphatic heterocycles. The van der Waals surface area contributed by atoms with Gasteiger partial charge in [0, 0.05) is 25.1 Å². The van der Waals surface area contributed by atoms with Crippen LogP contribution in [-0.4, -0.2) is 34.7 Å². The van der Waals surface area contributed by atoms with Crippen LogP contribution in [0.4, 0.5) is 0 Å². The Morgan fingerprint density at radius 3 is 2.56 bits per heavy atom. The molecule has 1 aromatic carbocycles. The number of aromatic amines is 1. The van der Waals surface area contributed by atoms with Crippen molar-refractivity contribution in [1.82, 2.24) is 14.9 Å². The maximum Gasteiger partial charge on any atom is 0.262 e. The van der Waals surface area contributed by atoms with E-state index in [1.54, 1.807) is 12.1 Å². The van der Waals surface area contributed by atoms with Gasteiger partial charge in [-0.25, -0.2) is 0 Å². The number of fused-ring (bicyclic) bond motifs is 1. The summed E-state index contributed by atoms with van der Waals surface area (Å²) in [6.07, 6.45) is 4.34. The number of rotatable bonds is 9. The number of ether oxygens (including phenoxy) is 2. The van der Waals surface area contributed by atoms with E-state index >= 15 is 0 Å². The lowest BCUT2D eigenvalue weighted by molar-refractivity contribution is -0.122. The fourth-order valence-electron chi connectivity index (χ4n) is 4.46. The smallest absolute Gasteiger partial charge is 0.262 e. The molecule has 32 heavy (non-hydrogen) atoms. The Kier molecular flexibility index (Phi) is 8.34. The minimum absolute atomic E-state index is 0.0414. The van der Waals surface area contributed by atoms with Crippen molar-refractivity contribution in [3.63, 3.8) is 0 Å². The molecule has 1 amide bonds. The van der Waals surface area contributed by atoms with E-state index in [9.17, 15) is 9.59 Å². The van der Waals surface area contributed by atoms with Crippen molar-refractivity contribution in [2.45, 2.75) is 72.4 Å². The van der Waals surface area contributed by atoms with Crippen LogP contribution < -0.4 is 20.3 Å². The largest absolute Gasteiger partial charge is 0.490 e. The number of amides is 1. The molecule has 8 heteroatoms. The van der Waals surface area contributed by atoms with E-state index in [0.717, 1.165) is 12.8 Å². The summed E-state index contributed by atoms with van der Waals surface area (Å²) in [5, 5.41) is 3.68. The molecule has 1 saturated carbocycles. The molecule has 0 unspecified atom stereocenters. The first-order valence-corrected chi connectivity index (χ1v) is 12.1.